The van der Waals surface area contributed by atoms with Crippen molar-refractivity contribution in [1.82, 2.24) is 4.98 Å². The first-order valence-corrected chi connectivity index (χ1v) is 5.82. The summed E-state index contributed by atoms with van der Waals surface area (Å²) in [6.45, 7) is 4.63. The zero-order valence-corrected chi connectivity index (χ0v) is 10.6. The molecule has 0 radical (unpaired) electrons. The maximum absolute atomic E-state index is 10.7. The zero-order chi connectivity index (χ0) is 12.8. The molecule has 0 aliphatic carbocycles. The summed E-state index contributed by atoms with van der Waals surface area (Å²) in [5.74, 6) is 0.576. The summed E-state index contributed by atoms with van der Waals surface area (Å²) >= 11 is 5.67. The SMILES string of the molecule is CC(C)CCCOc1nc(Cl)ccc1[N+](=O)[O-]. The Balaban J connectivity index is 2.62. The van der Waals surface area contributed by atoms with Gasteiger partial charge in [-0.15, -0.1) is 0 Å². The first-order valence-electron chi connectivity index (χ1n) is 5.44. The van der Waals surface area contributed by atoms with Gasteiger partial charge in [0.2, 0.25) is 0 Å². The second kappa shape index (κ2) is 6.39. The van der Waals surface area contributed by atoms with E-state index in [1.807, 2.05) is 0 Å². The second-order valence-electron chi connectivity index (χ2n) is 4.10. The van der Waals surface area contributed by atoms with Gasteiger partial charge in [0, 0.05) is 6.07 Å². The first kappa shape index (κ1) is 13.7. The van der Waals surface area contributed by atoms with Crippen LogP contribution in [0.25, 0.3) is 0 Å². The van der Waals surface area contributed by atoms with Crippen LogP contribution in [0.15, 0.2) is 12.1 Å². The molecular formula is C11H15ClN2O3. The number of nitro groups is 1. The number of ether oxygens (including phenoxy) is 1. The third-order valence-corrected chi connectivity index (χ3v) is 2.38. The van der Waals surface area contributed by atoms with Crippen LogP contribution < -0.4 is 4.74 Å². The van der Waals surface area contributed by atoms with Crippen LogP contribution in [0.4, 0.5) is 5.69 Å². The van der Waals surface area contributed by atoms with E-state index in [4.69, 9.17) is 16.3 Å². The van der Waals surface area contributed by atoms with Gasteiger partial charge in [0.15, 0.2) is 0 Å². The highest BCUT2D eigenvalue weighted by atomic mass is 35.5. The molecular weight excluding hydrogens is 244 g/mol. The summed E-state index contributed by atoms with van der Waals surface area (Å²) in [4.78, 5) is 14.0. The summed E-state index contributed by atoms with van der Waals surface area (Å²) in [6, 6.07) is 2.67. The smallest absolute Gasteiger partial charge is 0.331 e. The second-order valence-corrected chi connectivity index (χ2v) is 4.49. The molecule has 17 heavy (non-hydrogen) atoms. The van der Waals surface area contributed by atoms with Crippen molar-refractivity contribution in [2.75, 3.05) is 6.61 Å². The number of hydrogen-bond acceptors (Lipinski definition) is 4. The average molecular weight is 259 g/mol. The molecule has 0 fully saturated rings. The van der Waals surface area contributed by atoms with Crippen LogP contribution in [0.3, 0.4) is 0 Å². The third kappa shape index (κ3) is 4.56. The molecule has 6 heteroatoms. The highest BCUT2D eigenvalue weighted by Crippen LogP contribution is 2.26. The number of pyridine rings is 1. The fourth-order valence-electron chi connectivity index (χ4n) is 1.32. The monoisotopic (exact) mass is 258 g/mol. The van der Waals surface area contributed by atoms with E-state index in [0.717, 1.165) is 12.8 Å². The van der Waals surface area contributed by atoms with Crippen LogP contribution in [0.5, 0.6) is 5.88 Å². The molecule has 0 bridgehead atoms. The van der Waals surface area contributed by atoms with Gasteiger partial charge in [0.1, 0.15) is 5.15 Å². The Morgan fingerprint density at radius 2 is 2.24 bits per heavy atom. The minimum Gasteiger partial charge on any atom is -0.473 e. The van der Waals surface area contributed by atoms with Crippen LogP contribution in [-0.4, -0.2) is 16.5 Å². The van der Waals surface area contributed by atoms with Crippen molar-refractivity contribution < 1.29 is 9.66 Å². The van der Waals surface area contributed by atoms with Crippen LogP contribution in [0, 0.1) is 16.0 Å². The molecule has 1 aromatic heterocycles. The van der Waals surface area contributed by atoms with Gasteiger partial charge in [-0.3, -0.25) is 10.1 Å². The fraction of sp³-hybridized carbons (Fsp3) is 0.545. The summed E-state index contributed by atoms with van der Waals surface area (Å²) in [5.41, 5.74) is -0.154. The average Bonchev–Trinajstić information content (AvgIpc) is 2.23. The van der Waals surface area contributed by atoms with Gasteiger partial charge in [0.25, 0.3) is 5.88 Å². The van der Waals surface area contributed by atoms with Gasteiger partial charge in [0.05, 0.1) is 11.5 Å². The van der Waals surface area contributed by atoms with Crippen molar-refractivity contribution in [3.63, 3.8) is 0 Å². The topological polar surface area (TPSA) is 65.3 Å². The molecule has 0 N–H and O–H groups in total. The van der Waals surface area contributed by atoms with Gasteiger partial charge in [-0.1, -0.05) is 25.4 Å². The standard InChI is InChI=1S/C11H15ClN2O3/c1-8(2)4-3-7-17-11-9(14(15)16)5-6-10(12)13-11/h5-6,8H,3-4,7H2,1-2H3. The molecule has 5 nitrogen and oxygen atoms in total. The molecule has 0 spiro atoms. The predicted molar refractivity (Wildman–Crippen MR) is 65.5 cm³/mol. The molecule has 0 saturated heterocycles. The first-order chi connectivity index (χ1) is 8.00. The van der Waals surface area contributed by atoms with Crippen molar-refractivity contribution in [2.45, 2.75) is 26.7 Å². The number of halogens is 1. The molecule has 1 aromatic rings. The van der Waals surface area contributed by atoms with E-state index in [-0.39, 0.29) is 16.7 Å². The Morgan fingerprint density at radius 3 is 2.82 bits per heavy atom. The Kier molecular flexibility index (Phi) is 5.15. The van der Waals surface area contributed by atoms with Crippen LogP contribution in [0.1, 0.15) is 26.7 Å². The van der Waals surface area contributed by atoms with Gasteiger partial charge in [-0.2, -0.15) is 4.98 Å². The highest BCUT2D eigenvalue weighted by molar-refractivity contribution is 6.29. The van der Waals surface area contributed by atoms with Gasteiger partial charge < -0.3 is 4.74 Å². The molecule has 0 amide bonds. The summed E-state index contributed by atoms with van der Waals surface area (Å²) in [7, 11) is 0. The van der Waals surface area contributed by atoms with E-state index in [1.165, 1.54) is 12.1 Å². The molecule has 0 unspecified atom stereocenters. The third-order valence-electron chi connectivity index (χ3n) is 2.17. The lowest BCUT2D eigenvalue weighted by molar-refractivity contribution is -0.386. The highest BCUT2D eigenvalue weighted by Gasteiger charge is 2.17. The molecule has 0 aromatic carbocycles. The maximum atomic E-state index is 10.7. The Labute approximate surface area is 105 Å². The largest absolute Gasteiger partial charge is 0.473 e. The zero-order valence-electron chi connectivity index (χ0n) is 9.85. The predicted octanol–water partition coefficient (Wildman–Crippen LogP) is 3.46. The fourth-order valence-corrected chi connectivity index (χ4v) is 1.46. The number of aromatic nitrogens is 1. The van der Waals surface area contributed by atoms with E-state index in [1.54, 1.807) is 0 Å². The lowest BCUT2D eigenvalue weighted by atomic mass is 10.1. The number of hydrogen-bond donors (Lipinski definition) is 0. The minimum atomic E-state index is -0.527. The van der Waals surface area contributed by atoms with Gasteiger partial charge >= 0.3 is 5.69 Å². The van der Waals surface area contributed by atoms with Crippen molar-refractivity contribution in [3.05, 3.63) is 27.4 Å². The Morgan fingerprint density at radius 1 is 1.53 bits per heavy atom. The molecule has 1 rings (SSSR count). The van der Waals surface area contributed by atoms with E-state index in [9.17, 15) is 10.1 Å². The normalized spacial score (nSPS) is 10.6. The van der Waals surface area contributed by atoms with Crippen molar-refractivity contribution in [2.24, 2.45) is 5.92 Å². The lowest BCUT2D eigenvalue weighted by Gasteiger charge is -2.07. The van der Waals surface area contributed by atoms with Crippen molar-refractivity contribution in [3.8, 4) is 5.88 Å². The molecule has 94 valence electrons. The minimum absolute atomic E-state index is 0.00810. The Hall–Kier alpha value is -1.36. The molecule has 1 heterocycles. The van der Waals surface area contributed by atoms with Crippen LogP contribution in [-0.2, 0) is 0 Å². The number of rotatable bonds is 6. The van der Waals surface area contributed by atoms with E-state index < -0.39 is 4.92 Å². The van der Waals surface area contributed by atoms with Crippen LogP contribution in [0.2, 0.25) is 5.15 Å². The molecule has 0 atom stereocenters. The van der Waals surface area contributed by atoms with Crippen LogP contribution >= 0.6 is 11.6 Å². The summed E-state index contributed by atoms with van der Waals surface area (Å²) < 4.78 is 5.29. The maximum Gasteiger partial charge on any atom is 0.331 e. The van der Waals surface area contributed by atoms with E-state index in [0.29, 0.717) is 12.5 Å². The lowest BCUT2D eigenvalue weighted by Crippen LogP contribution is -2.03. The quantitative estimate of drug-likeness (QED) is 0.339. The molecule has 0 saturated carbocycles. The van der Waals surface area contributed by atoms with E-state index >= 15 is 0 Å². The summed E-state index contributed by atoms with van der Waals surface area (Å²) in [6.07, 6.45) is 1.84. The van der Waals surface area contributed by atoms with Crippen molar-refractivity contribution >= 4 is 17.3 Å². The summed E-state index contributed by atoms with van der Waals surface area (Å²) in [5, 5.41) is 10.9. The molecule has 0 aliphatic heterocycles. The van der Waals surface area contributed by atoms with Gasteiger partial charge in [-0.05, 0) is 24.8 Å². The number of nitrogens with zero attached hydrogens (tertiary/aromatic N) is 2. The van der Waals surface area contributed by atoms with Gasteiger partial charge in [-0.25, -0.2) is 0 Å². The van der Waals surface area contributed by atoms with E-state index in [2.05, 4.69) is 18.8 Å². The Bertz CT molecular complexity index is 396. The van der Waals surface area contributed by atoms with Crippen molar-refractivity contribution in [1.29, 1.82) is 0 Å². The molecule has 0 aliphatic rings.